The van der Waals surface area contributed by atoms with E-state index in [-0.39, 0.29) is 11.7 Å². The number of aryl methyl sites for hydroxylation is 1. The van der Waals surface area contributed by atoms with Crippen LogP contribution in [0.1, 0.15) is 55.2 Å². The first-order chi connectivity index (χ1) is 14.0. The maximum absolute atomic E-state index is 14.1. The molecule has 0 spiro atoms. The van der Waals surface area contributed by atoms with Crippen molar-refractivity contribution in [1.82, 2.24) is 0 Å². The Hall–Kier alpha value is -2.73. The fraction of sp³-hybridized carbons (Fsp3) is 0.308. The number of hydrogen-bond acceptors (Lipinski definition) is 0. The Morgan fingerprint density at radius 1 is 0.793 bits per heavy atom. The van der Waals surface area contributed by atoms with Crippen LogP contribution in [0.5, 0.6) is 0 Å². The van der Waals surface area contributed by atoms with Gasteiger partial charge in [-0.1, -0.05) is 43.0 Å². The molecule has 1 aliphatic carbocycles. The SMILES string of the molecule is CCc1ccc(C#CC2CCC(c3ccc4cc(F)c(F)cc4c3)CC2)c(F)c1. The molecule has 0 unspecified atom stereocenters. The van der Waals surface area contributed by atoms with Crippen LogP contribution in [0, 0.1) is 35.2 Å². The Bertz CT molecular complexity index is 1100. The van der Waals surface area contributed by atoms with Gasteiger partial charge in [0.25, 0.3) is 0 Å². The second-order valence-electron chi connectivity index (χ2n) is 7.86. The Morgan fingerprint density at radius 3 is 2.21 bits per heavy atom. The van der Waals surface area contributed by atoms with Gasteiger partial charge in [-0.3, -0.25) is 0 Å². The van der Waals surface area contributed by atoms with Gasteiger partial charge in [-0.15, -0.1) is 0 Å². The molecule has 0 aliphatic heterocycles. The average Bonchev–Trinajstić information content (AvgIpc) is 2.74. The Kier molecular flexibility index (Phi) is 5.62. The molecule has 1 saturated carbocycles. The minimum Gasteiger partial charge on any atom is -0.206 e. The second-order valence-corrected chi connectivity index (χ2v) is 7.86. The summed E-state index contributed by atoms with van der Waals surface area (Å²) < 4.78 is 41.0. The van der Waals surface area contributed by atoms with Gasteiger partial charge in [-0.25, -0.2) is 13.2 Å². The topological polar surface area (TPSA) is 0 Å². The smallest absolute Gasteiger partial charge is 0.159 e. The molecule has 148 valence electrons. The first kappa shape index (κ1) is 19.6. The van der Waals surface area contributed by atoms with Gasteiger partial charge in [0.15, 0.2) is 11.6 Å². The third-order valence-corrected chi connectivity index (χ3v) is 5.95. The lowest BCUT2D eigenvalue weighted by molar-refractivity contribution is 0.385. The molecule has 0 aromatic heterocycles. The van der Waals surface area contributed by atoms with Crippen LogP contribution in [-0.4, -0.2) is 0 Å². The molecule has 0 radical (unpaired) electrons. The number of benzene rings is 3. The quantitative estimate of drug-likeness (QED) is 0.406. The van der Waals surface area contributed by atoms with E-state index in [0.717, 1.165) is 48.6 Å². The molecule has 0 atom stereocenters. The van der Waals surface area contributed by atoms with Gasteiger partial charge in [-0.05, 0) is 84.2 Å². The zero-order valence-electron chi connectivity index (χ0n) is 16.4. The third-order valence-electron chi connectivity index (χ3n) is 5.95. The van der Waals surface area contributed by atoms with Crippen LogP contribution in [0.25, 0.3) is 10.8 Å². The normalized spacial score (nSPS) is 19.0. The van der Waals surface area contributed by atoms with Gasteiger partial charge in [0.1, 0.15) is 5.82 Å². The van der Waals surface area contributed by atoms with Crippen molar-refractivity contribution in [2.24, 2.45) is 5.92 Å². The van der Waals surface area contributed by atoms with Crippen molar-refractivity contribution in [3.8, 4) is 11.8 Å². The Labute approximate surface area is 169 Å². The van der Waals surface area contributed by atoms with Crippen LogP contribution in [-0.2, 0) is 6.42 Å². The minimum absolute atomic E-state index is 0.245. The largest absolute Gasteiger partial charge is 0.206 e. The molecule has 0 nitrogen and oxygen atoms in total. The maximum Gasteiger partial charge on any atom is 0.159 e. The van der Waals surface area contributed by atoms with E-state index < -0.39 is 11.6 Å². The number of fused-ring (bicyclic) bond motifs is 1. The third kappa shape index (κ3) is 4.32. The van der Waals surface area contributed by atoms with Gasteiger partial charge in [-0.2, -0.15) is 0 Å². The van der Waals surface area contributed by atoms with E-state index in [9.17, 15) is 13.2 Å². The van der Waals surface area contributed by atoms with Crippen LogP contribution in [0.4, 0.5) is 13.2 Å². The van der Waals surface area contributed by atoms with E-state index in [1.165, 1.54) is 12.1 Å². The highest BCUT2D eigenvalue weighted by Gasteiger charge is 2.21. The molecule has 3 aromatic carbocycles. The van der Waals surface area contributed by atoms with Crippen molar-refractivity contribution < 1.29 is 13.2 Å². The van der Waals surface area contributed by atoms with Crippen LogP contribution < -0.4 is 0 Å². The summed E-state index contributed by atoms with van der Waals surface area (Å²) in [5.41, 5.74) is 2.61. The summed E-state index contributed by atoms with van der Waals surface area (Å²) in [5.74, 6) is 5.06. The molecule has 0 amide bonds. The number of rotatable bonds is 2. The highest BCUT2D eigenvalue weighted by Crippen LogP contribution is 2.36. The molecular formula is C26H23F3. The first-order valence-corrected chi connectivity index (χ1v) is 10.2. The standard InChI is InChI=1S/C26H23F3/c1-2-17-3-9-20(24(27)13-17)10-6-18-4-7-19(8-5-18)21-11-12-22-15-25(28)26(29)16-23(22)14-21/h3,9,11-16,18-19H,2,4-5,7-8H2,1H3. The number of hydrogen-bond donors (Lipinski definition) is 0. The fourth-order valence-electron chi connectivity index (χ4n) is 4.15. The van der Waals surface area contributed by atoms with Crippen molar-refractivity contribution >= 4 is 10.8 Å². The summed E-state index contributed by atoms with van der Waals surface area (Å²) in [7, 11) is 0. The average molecular weight is 392 g/mol. The molecular weight excluding hydrogens is 369 g/mol. The lowest BCUT2D eigenvalue weighted by Crippen LogP contribution is -2.12. The molecule has 29 heavy (non-hydrogen) atoms. The predicted molar refractivity (Wildman–Crippen MR) is 111 cm³/mol. The lowest BCUT2D eigenvalue weighted by Gasteiger charge is -2.26. The molecule has 0 N–H and O–H groups in total. The van der Waals surface area contributed by atoms with Crippen molar-refractivity contribution in [1.29, 1.82) is 0 Å². The van der Waals surface area contributed by atoms with E-state index in [1.54, 1.807) is 12.1 Å². The van der Waals surface area contributed by atoms with Gasteiger partial charge in [0.05, 0.1) is 5.56 Å². The van der Waals surface area contributed by atoms with Crippen molar-refractivity contribution in [3.63, 3.8) is 0 Å². The summed E-state index contributed by atoms with van der Waals surface area (Å²) in [6.07, 6.45) is 4.72. The van der Waals surface area contributed by atoms with E-state index >= 15 is 0 Å². The van der Waals surface area contributed by atoms with E-state index in [0.29, 0.717) is 16.9 Å². The Morgan fingerprint density at radius 2 is 1.52 bits per heavy atom. The molecule has 0 bridgehead atoms. The van der Waals surface area contributed by atoms with Crippen molar-refractivity contribution in [2.45, 2.75) is 44.9 Å². The predicted octanol–water partition coefficient (Wildman–Crippen LogP) is 7.15. The van der Waals surface area contributed by atoms with Crippen molar-refractivity contribution in [2.75, 3.05) is 0 Å². The summed E-state index contributed by atoms with van der Waals surface area (Å²) in [6, 6.07) is 13.6. The number of halogens is 3. The monoisotopic (exact) mass is 392 g/mol. The molecule has 3 heteroatoms. The lowest BCUT2D eigenvalue weighted by atomic mass is 9.78. The highest BCUT2D eigenvalue weighted by atomic mass is 19.2. The summed E-state index contributed by atoms with van der Waals surface area (Å²) in [6.45, 7) is 2.00. The van der Waals surface area contributed by atoms with Crippen LogP contribution in [0.2, 0.25) is 0 Å². The van der Waals surface area contributed by atoms with E-state index in [4.69, 9.17) is 0 Å². The summed E-state index contributed by atoms with van der Waals surface area (Å²) >= 11 is 0. The molecule has 0 heterocycles. The summed E-state index contributed by atoms with van der Waals surface area (Å²) in [4.78, 5) is 0. The second kappa shape index (κ2) is 8.33. The molecule has 1 fully saturated rings. The van der Waals surface area contributed by atoms with Crippen LogP contribution in [0.3, 0.4) is 0 Å². The molecule has 1 aliphatic rings. The maximum atomic E-state index is 14.1. The zero-order chi connectivity index (χ0) is 20.4. The molecule has 3 aromatic rings. The first-order valence-electron chi connectivity index (χ1n) is 10.2. The van der Waals surface area contributed by atoms with Gasteiger partial charge in [0, 0.05) is 5.92 Å². The van der Waals surface area contributed by atoms with Gasteiger partial charge >= 0.3 is 0 Å². The fourth-order valence-corrected chi connectivity index (χ4v) is 4.15. The van der Waals surface area contributed by atoms with E-state index in [1.807, 2.05) is 31.2 Å². The zero-order valence-corrected chi connectivity index (χ0v) is 16.4. The summed E-state index contributed by atoms with van der Waals surface area (Å²) in [5, 5.41) is 1.44. The van der Waals surface area contributed by atoms with Gasteiger partial charge < -0.3 is 0 Å². The van der Waals surface area contributed by atoms with Crippen LogP contribution in [0.15, 0.2) is 48.5 Å². The highest BCUT2D eigenvalue weighted by molar-refractivity contribution is 5.83. The van der Waals surface area contributed by atoms with Gasteiger partial charge in [0.2, 0.25) is 0 Å². The Balaban J connectivity index is 1.43. The van der Waals surface area contributed by atoms with Crippen LogP contribution >= 0.6 is 0 Å². The van der Waals surface area contributed by atoms with E-state index in [2.05, 4.69) is 11.8 Å². The molecule has 0 saturated heterocycles. The minimum atomic E-state index is -0.815. The molecule has 4 rings (SSSR count). The van der Waals surface area contributed by atoms with Crippen molar-refractivity contribution in [3.05, 3.63) is 82.7 Å².